The van der Waals surface area contributed by atoms with Gasteiger partial charge in [-0.05, 0) is 58.1 Å². The molecule has 0 atom stereocenters. The Labute approximate surface area is 162 Å². The van der Waals surface area contributed by atoms with Gasteiger partial charge in [-0.3, -0.25) is 4.79 Å². The molecule has 0 radical (unpaired) electrons. The van der Waals surface area contributed by atoms with Gasteiger partial charge >= 0.3 is 6.18 Å². The van der Waals surface area contributed by atoms with Crippen LogP contribution in [0.1, 0.15) is 51.5 Å². The number of halogens is 3. The summed E-state index contributed by atoms with van der Waals surface area (Å²) in [6.45, 7) is 4.54. The van der Waals surface area contributed by atoms with Gasteiger partial charge in [-0.25, -0.2) is 4.98 Å². The van der Waals surface area contributed by atoms with Gasteiger partial charge in [-0.15, -0.1) is 0 Å². The number of carbonyl (C=O) groups excluding carboxylic acids is 1. The highest BCUT2D eigenvalue weighted by molar-refractivity contribution is 8.01. The van der Waals surface area contributed by atoms with E-state index in [1.54, 1.807) is 0 Å². The summed E-state index contributed by atoms with van der Waals surface area (Å²) in [5, 5.41) is 3.43. The number of carbonyl (C=O) groups is 1. The van der Waals surface area contributed by atoms with Crippen molar-refractivity contribution in [1.29, 1.82) is 0 Å². The minimum Gasteiger partial charge on any atom is -0.355 e. The van der Waals surface area contributed by atoms with E-state index < -0.39 is 16.5 Å². The number of alkyl halides is 3. The highest BCUT2D eigenvalue weighted by atomic mass is 32.2. The van der Waals surface area contributed by atoms with E-state index in [1.165, 1.54) is 23.4 Å². The van der Waals surface area contributed by atoms with E-state index in [0.717, 1.165) is 31.5 Å². The number of amides is 1. The first-order valence-electron chi connectivity index (χ1n) is 9.09. The Morgan fingerprint density at radius 1 is 1.33 bits per heavy atom. The number of nitrogens with one attached hydrogen (secondary N) is 1. The fourth-order valence-electron chi connectivity index (χ4n) is 2.88. The number of hydrogen-bond donors (Lipinski definition) is 1. The van der Waals surface area contributed by atoms with Crippen molar-refractivity contribution < 1.29 is 18.0 Å². The van der Waals surface area contributed by atoms with Crippen molar-refractivity contribution in [3.05, 3.63) is 47.7 Å². The second kappa shape index (κ2) is 9.44. The maximum atomic E-state index is 12.6. The van der Waals surface area contributed by atoms with Gasteiger partial charge in [0.05, 0.1) is 10.6 Å². The zero-order valence-corrected chi connectivity index (χ0v) is 16.4. The van der Waals surface area contributed by atoms with Gasteiger partial charge < -0.3 is 5.32 Å². The van der Waals surface area contributed by atoms with Crippen LogP contribution in [0.15, 0.2) is 47.2 Å². The Morgan fingerprint density at radius 3 is 2.56 bits per heavy atom. The molecule has 1 N–H and O–H groups in total. The van der Waals surface area contributed by atoms with Crippen molar-refractivity contribution in [3.8, 4) is 0 Å². The molecule has 2 rings (SSSR count). The highest BCUT2D eigenvalue weighted by Crippen LogP contribution is 2.47. The lowest BCUT2D eigenvalue weighted by atomic mass is 9.83. The van der Waals surface area contributed by atoms with Crippen LogP contribution in [-0.2, 0) is 11.0 Å². The lowest BCUT2D eigenvalue weighted by Gasteiger charge is -2.39. The maximum Gasteiger partial charge on any atom is 0.417 e. The standard InChI is InChI=1S/C20H25F3N2OS/c1-3-7-15(4-2)8-5-13-24-18(26)19(11-6-12-19)27-17-10-9-16(14-25-17)20(21,22)23/h3-4,7,9-10,14H,5-6,8,11-13H2,1-2H3,(H,24,26). The summed E-state index contributed by atoms with van der Waals surface area (Å²) >= 11 is 1.27. The molecule has 148 valence electrons. The van der Waals surface area contributed by atoms with E-state index in [4.69, 9.17) is 0 Å². The second-order valence-electron chi connectivity index (χ2n) is 6.56. The van der Waals surface area contributed by atoms with Crippen LogP contribution in [0, 0.1) is 0 Å². The SMILES string of the molecule is CC=CC(=CC)CCCNC(=O)C1(Sc2ccc(C(F)(F)F)cn2)CCC1. The molecule has 0 unspecified atom stereocenters. The third-order valence-corrected chi connectivity index (χ3v) is 6.05. The van der Waals surface area contributed by atoms with Crippen LogP contribution in [0.4, 0.5) is 13.2 Å². The molecule has 0 aromatic carbocycles. The fraction of sp³-hybridized carbons (Fsp3) is 0.500. The quantitative estimate of drug-likeness (QED) is 0.462. The summed E-state index contributed by atoms with van der Waals surface area (Å²) in [6.07, 6.45) is 6.62. The third-order valence-electron chi connectivity index (χ3n) is 4.62. The molecule has 0 saturated heterocycles. The van der Waals surface area contributed by atoms with Gasteiger partial charge in [-0.2, -0.15) is 13.2 Å². The smallest absolute Gasteiger partial charge is 0.355 e. The Bertz CT molecular complexity index is 692. The molecule has 3 nitrogen and oxygen atoms in total. The number of allylic oxidation sites excluding steroid dienone is 4. The van der Waals surface area contributed by atoms with Crippen molar-refractivity contribution in [3.63, 3.8) is 0 Å². The number of thioether (sulfide) groups is 1. The molecule has 1 fully saturated rings. The average Bonchev–Trinajstić information content (AvgIpc) is 2.60. The van der Waals surface area contributed by atoms with Crippen molar-refractivity contribution in [1.82, 2.24) is 10.3 Å². The van der Waals surface area contributed by atoms with Crippen LogP contribution in [0.3, 0.4) is 0 Å². The Kier molecular flexibility index (Phi) is 7.53. The average molecular weight is 398 g/mol. The van der Waals surface area contributed by atoms with Gasteiger partial charge in [0.25, 0.3) is 0 Å². The molecule has 1 heterocycles. The molecule has 0 aliphatic heterocycles. The largest absolute Gasteiger partial charge is 0.417 e. The lowest BCUT2D eigenvalue weighted by Crippen LogP contribution is -2.49. The molecule has 1 amide bonds. The van der Waals surface area contributed by atoms with Crippen LogP contribution < -0.4 is 5.32 Å². The minimum atomic E-state index is -4.40. The number of aromatic nitrogens is 1. The molecular weight excluding hydrogens is 373 g/mol. The molecule has 27 heavy (non-hydrogen) atoms. The molecular formula is C20H25F3N2OS. The molecule has 0 bridgehead atoms. The number of nitrogens with zero attached hydrogens (tertiary/aromatic N) is 1. The summed E-state index contributed by atoms with van der Waals surface area (Å²) in [6, 6.07) is 2.36. The van der Waals surface area contributed by atoms with Crippen molar-refractivity contribution >= 4 is 17.7 Å². The normalized spacial score (nSPS) is 17.0. The summed E-state index contributed by atoms with van der Waals surface area (Å²) in [5.41, 5.74) is 0.452. The van der Waals surface area contributed by atoms with Crippen molar-refractivity contribution in [2.45, 2.75) is 61.9 Å². The summed E-state index contributed by atoms with van der Waals surface area (Å²) < 4.78 is 37.3. The Hall–Kier alpha value is -1.76. The fourth-order valence-corrected chi connectivity index (χ4v) is 4.17. The number of rotatable bonds is 8. The first-order chi connectivity index (χ1) is 12.8. The van der Waals surface area contributed by atoms with E-state index in [-0.39, 0.29) is 5.91 Å². The number of pyridine rings is 1. The van der Waals surface area contributed by atoms with Gasteiger partial charge in [-0.1, -0.05) is 35.6 Å². The van der Waals surface area contributed by atoms with E-state index in [1.807, 2.05) is 19.9 Å². The van der Waals surface area contributed by atoms with Gasteiger partial charge in [0, 0.05) is 12.7 Å². The Balaban J connectivity index is 1.89. The molecule has 7 heteroatoms. The summed E-state index contributed by atoms with van der Waals surface area (Å²) in [7, 11) is 0. The van der Waals surface area contributed by atoms with Crippen LogP contribution in [0.5, 0.6) is 0 Å². The van der Waals surface area contributed by atoms with Gasteiger partial charge in [0.1, 0.15) is 4.75 Å². The van der Waals surface area contributed by atoms with Crippen molar-refractivity contribution in [2.75, 3.05) is 6.54 Å². The second-order valence-corrected chi connectivity index (χ2v) is 7.96. The molecule has 1 aliphatic rings. The molecule has 1 aliphatic carbocycles. The predicted molar refractivity (Wildman–Crippen MR) is 102 cm³/mol. The lowest BCUT2D eigenvalue weighted by molar-refractivity contribution is -0.137. The molecule has 0 spiro atoms. The molecule has 1 aromatic heterocycles. The summed E-state index contributed by atoms with van der Waals surface area (Å²) in [4.78, 5) is 16.5. The van der Waals surface area contributed by atoms with Gasteiger partial charge in [0.15, 0.2) is 0 Å². The van der Waals surface area contributed by atoms with E-state index in [2.05, 4.69) is 22.5 Å². The predicted octanol–water partition coefficient (Wildman–Crippen LogP) is 5.53. The van der Waals surface area contributed by atoms with Crippen LogP contribution in [-0.4, -0.2) is 22.2 Å². The van der Waals surface area contributed by atoms with Crippen LogP contribution in [0.2, 0.25) is 0 Å². The molecule has 1 aromatic rings. The minimum absolute atomic E-state index is 0.0477. The Morgan fingerprint density at radius 2 is 2.07 bits per heavy atom. The van der Waals surface area contributed by atoms with E-state index in [0.29, 0.717) is 24.4 Å². The maximum absolute atomic E-state index is 12.6. The first kappa shape index (κ1) is 21.5. The monoisotopic (exact) mass is 398 g/mol. The van der Waals surface area contributed by atoms with Gasteiger partial charge in [0.2, 0.25) is 5.91 Å². The first-order valence-corrected chi connectivity index (χ1v) is 9.91. The topological polar surface area (TPSA) is 42.0 Å². The number of hydrogen-bond acceptors (Lipinski definition) is 3. The van der Waals surface area contributed by atoms with E-state index in [9.17, 15) is 18.0 Å². The van der Waals surface area contributed by atoms with Crippen molar-refractivity contribution in [2.24, 2.45) is 0 Å². The van der Waals surface area contributed by atoms with Crippen LogP contribution in [0.25, 0.3) is 0 Å². The van der Waals surface area contributed by atoms with E-state index >= 15 is 0 Å². The zero-order valence-electron chi connectivity index (χ0n) is 15.6. The molecule has 1 saturated carbocycles. The highest BCUT2D eigenvalue weighted by Gasteiger charge is 2.45. The summed E-state index contributed by atoms with van der Waals surface area (Å²) in [5.74, 6) is -0.0477. The van der Waals surface area contributed by atoms with Crippen LogP contribution >= 0.6 is 11.8 Å². The third kappa shape index (κ3) is 5.86. The zero-order chi connectivity index (χ0) is 19.9.